The van der Waals surface area contributed by atoms with E-state index < -0.39 is 0 Å². The summed E-state index contributed by atoms with van der Waals surface area (Å²) in [7, 11) is 0. The van der Waals surface area contributed by atoms with Gasteiger partial charge in [0.2, 0.25) is 0 Å². The van der Waals surface area contributed by atoms with Gasteiger partial charge < -0.3 is 10.2 Å². The number of amides is 1. The van der Waals surface area contributed by atoms with E-state index in [1.807, 2.05) is 41.9 Å². The molecule has 0 bridgehead atoms. The summed E-state index contributed by atoms with van der Waals surface area (Å²) in [5.74, 6) is -0.125. The molecule has 1 saturated heterocycles. The van der Waals surface area contributed by atoms with Crippen LogP contribution in [0.2, 0.25) is 0 Å². The van der Waals surface area contributed by atoms with Gasteiger partial charge in [-0.1, -0.05) is 17.3 Å². The van der Waals surface area contributed by atoms with Crippen LogP contribution in [0.5, 0.6) is 0 Å². The fourth-order valence-corrected chi connectivity index (χ4v) is 3.35. The zero-order valence-electron chi connectivity index (χ0n) is 14.3. The van der Waals surface area contributed by atoms with E-state index >= 15 is 0 Å². The number of rotatable bonds is 4. The minimum absolute atomic E-state index is 0.125. The molecule has 1 aromatic heterocycles. The predicted octanol–water partition coefficient (Wildman–Crippen LogP) is 3.30. The molecule has 1 aliphatic heterocycles. The quantitative estimate of drug-likeness (QED) is 0.794. The first-order valence-electron chi connectivity index (χ1n) is 8.75. The number of para-hydroxylation sites is 2. The van der Waals surface area contributed by atoms with Crippen molar-refractivity contribution in [2.24, 2.45) is 0 Å². The summed E-state index contributed by atoms with van der Waals surface area (Å²) in [5, 5.41) is 11.3. The molecule has 25 heavy (non-hydrogen) atoms. The Hall–Kier alpha value is -2.89. The number of nitrogens with zero attached hydrogens (tertiary/aromatic N) is 4. The summed E-state index contributed by atoms with van der Waals surface area (Å²) in [6.07, 6.45) is 2.40. The van der Waals surface area contributed by atoms with Crippen molar-refractivity contribution < 1.29 is 4.79 Å². The molecule has 0 atom stereocenters. The summed E-state index contributed by atoms with van der Waals surface area (Å²) < 4.78 is 1.82. The van der Waals surface area contributed by atoms with E-state index in [2.05, 4.69) is 26.6 Å². The first-order chi connectivity index (χ1) is 12.3. The molecule has 0 aliphatic carbocycles. The van der Waals surface area contributed by atoms with Crippen molar-refractivity contribution in [3.8, 4) is 0 Å². The number of anilines is 2. The Morgan fingerprint density at radius 3 is 2.76 bits per heavy atom. The highest BCUT2D eigenvalue weighted by atomic mass is 16.1. The molecule has 0 spiro atoms. The van der Waals surface area contributed by atoms with Crippen LogP contribution in [0.4, 0.5) is 11.4 Å². The second-order valence-electron chi connectivity index (χ2n) is 6.27. The minimum Gasteiger partial charge on any atom is -0.370 e. The van der Waals surface area contributed by atoms with Crippen LogP contribution in [0.1, 0.15) is 30.1 Å². The molecule has 2 aromatic carbocycles. The number of fused-ring (bicyclic) bond motifs is 1. The highest BCUT2D eigenvalue weighted by Gasteiger charge is 2.17. The molecule has 6 nitrogen and oxygen atoms in total. The zero-order chi connectivity index (χ0) is 17.2. The molecule has 128 valence electrons. The van der Waals surface area contributed by atoms with E-state index in [4.69, 9.17) is 0 Å². The lowest BCUT2D eigenvalue weighted by Crippen LogP contribution is -2.21. The SMILES string of the molecule is CCn1nnc2cc(C(=O)Nc3ccccc3N3CCCC3)ccc21. The molecule has 0 unspecified atom stereocenters. The van der Waals surface area contributed by atoms with Gasteiger partial charge in [0.05, 0.1) is 16.9 Å². The lowest BCUT2D eigenvalue weighted by molar-refractivity contribution is 0.102. The van der Waals surface area contributed by atoms with Gasteiger partial charge in [-0.05, 0) is 50.1 Å². The van der Waals surface area contributed by atoms with E-state index in [0.717, 1.165) is 42.0 Å². The predicted molar refractivity (Wildman–Crippen MR) is 99.0 cm³/mol. The van der Waals surface area contributed by atoms with E-state index in [9.17, 15) is 4.79 Å². The monoisotopic (exact) mass is 335 g/mol. The molecule has 1 N–H and O–H groups in total. The Balaban J connectivity index is 1.60. The fourth-order valence-electron chi connectivity index (χ4n) is 3.35. The number of hydrogen-bond donors (Lipinski definition) is 1. The highest BCUT2D eigenvalue weighted by molar-refractivity contribution is 6.07. The van der Waals surface area contributed by atoms with Crippen molar-refractivity contribution in [3.63, 3.8) is 0 Å². The maximum absolute atomic E-state index is 12.7. The number of carbonyl (C=O) groups excluding carboxylic acids is 1. The van der Waals surface area contributed by atoms with E-state index in [1.165, 1.54) is 12.8 Å². The number of aromatic nitrogens is 3. The number of hydrogen-bond acceptors (Lipinski definition) is 4. The van der Waals surface area contributed by atoms with Gasteiger partial charge in [-0.3, -0.25) is 4.79 Å². The Kier molecular flexibility index (Phi) is 4.09. The van der Waals surface area contributed by atoms with Crippen LogP contribution in [-0.4, -0.2) is 34.0 Å². The van der Waals surface area contributed by atoms with Crippen LogP contribution in [0.3, 0.4) is 0 Å². The lowest BCUT2D eigenvalue weighted by atomic mass is 10.1. The third kappa shape index (κ3) is 2.95. The first kappa shape index (κ1) is 15.6. The smallest absolute Gasteiger partial charge is 0.255 e. The van der Waals surface area contributed by atoms with Crippen LogP contribution in [-0.2, 0) is 6.54 Å². The van der Waals surface area contributed by atoms with Crippen LogP contribution in [0.15, 0.2) is 42.5 Å². The average Bonchev–Trinajstić information content (AvgIpc) is 3.31. The Labute approximate surface area is 146 Å². The van der Waals surface area contributed by atoms with Crippen molar-refractivity contribution in [1.82, 2.24) is 15.0 Å². The Bertz CT molecular complexity index is 911. The molecule has 1 amide bonds. The number of benzene rings is 2. The fraction of sp³-hybridized carbons (Fsp3) is 0.316. The maximum atomic E-state index is 12.7. The second-order valence-corrected chi connectivity index (χ2v) is 6.27. The van der Waals surface area contributed by atoms with Gasteiger partial charge >= 0.3 is 0 Å². The topological polar surface area (TPSA) is 63.1 Å². The molecule has 2 heterocycles. The van der Waals surface area contributed by atoms with Gasteiger partial charge in [0.25, 0.3) is 5.91 Å². The summed E-state index contributed by atoms with van der Waals surface area (Å²) in [6.45, 7) is 4.85. The van der Waals surface area contributed by atoms with Crippen LogP contribution in [0, 0.1) is 0 Å². The number of aryl methyl sites for hydroxylation is 1. The van der Waals surface area contributed by atoms with E-state index in [-0.39, 0.29) is 5.91 Å². The van der Waals surface area contributed by atoms with Gasteiger partial charge in [-0.25, -0.2) is 4.68 Å². The summed E-state index contributed by atoms with van der Waals surface area (Å²) >= 11 is 0. The minimum atomic E-state index is -0.125. The largest absolute Gasteiger partial charge is 0.370 e. The standard InChI is InChI=1S/C19H21N5O/c1-2-24-18-10-9-14(13-16(18)21-22-24)19(25)20-15-7-3-4-8-17(15)23-11-5-6-12-23/h3-4,7-10,13H,2,5-6,11-12H2,1H3,(H,20,25). The van der Waals surface area contributed by atoms with Gasteiger partial charge in [-0.15, -0.1) is 5.10 Å². The first-order valence-corrected chi connectivity index (χ1v) is 8.75. The molecule has 0 radical (unpaired) electrons. The number of carbonyl (C=O) groups is 1. The van der Waals surface area contributed by atoms with E-state index in [0.29, 0.717) is 5.56 Å². The molecule has 4 rings (SSSR count). The van der Waals surface area contributed by atoms with Gasteiger partial charge in [-0.2, -0.15) is 0 Å². The van der Waals surface area contributed by atoms with Crippen LogP contribution >= 0.6 is 0 Å². The van der Waals surface area contributed by atoms with Gasteiger partial charge in [0.1, 0.15) is 5.52 Å². The molecular formula is C19H21N5O. The molecule has 3 aromatic rings. The van der Waals surface area contributed by atoms with Crippen molar-refractivity contribution in [2.75, 3.05) is 23.3 Å². The third-order valence-electron chi connectivity index (χ3n) is 4.67. The molecule has 0 saturated carbocycles. The van der Waals surface area contributed by atoms with Crippen molar-refractivity contribution >= 4 is 28.3 Å². The molecular weight excluding hydrogens is 314 g/mol. The summed E-state index contributed by atoms with van der Waals surface area (Å²) in [5.41, 5.74) is 4.21. The number of nitrogens with one attached hydrogen (secondary N) is 1. The molecule has 1 fully saturated rings. The zero-order valence-corrected chi connectivity index (χ0v) is 14.3. The van der Waals surface area contributed by atoms with Crippen molar-refractivity contribution in [2.45, 2.75) is 26.3 Å². The highest BCUT2D eigenvalue weighted by Crippen LogP contribution is 2.29. The van der Waals surface area contributed by atoms with Gasteiger partial charge in [0, 0.05) is 25.2 Å². The molecule has 6 heteroatoms. The maximum Gasteiger partial charge on any atom is 0.255 e. The Morgan fingerprint density at radius 2 is 1.96 bits per heavy atom. The average molecular weight is 335 g/mol. The lowest BCUT2D eigenvalue weighted by Gasteiger charge is -2.21. The van der Waals surface area contributed by atoms with Crippen LogP contribution < -0.4 is 10.2 Å². The van der Waals surface area contributed by atoms with Crippen molar-refractivity contribution in [1.29, 1.82) is 0 Å². The van der Waals surface area contributed by atoms with Gasteiger partial charge in [0.15, 0.2) is 0 Å². The molecule has 1 aliphatic rings. The van der Waals surface area contributed by atoms with Crippen LogP contribution in [0.25, 0.3) is 11.0 Å². The second kappa shape index (κ2) is 6.55. The van der Waals surface area contributed by atoms with Crippen molar-refractivity contribution in [3.05, 3.63) is 48.0 Å². The normalized spacial score (nSPS) is 14.2. The Morgan fingerprint density at radius 1 is 1.16 bits per heavy atom. The van der Waals surface area contributed by atoms with E-state index in [1.54, 1.807) is 6.07 Å². The summed E-state index contributed by atoms with van der Waals surface area (Å²) in [4.78, 5) is 15.0. The third-order valence-corrected chi connectivity index (χ3v) is 4.67. The summed E-state index contributed by atoms with van der Waals surface area (Å²) in [6, 6.07) is 13.5.